The zero-order valence-corrected chi connectivity index (χ0v) is 7.53. The molecule has 1 aliphatic rings. The maximum Gasteiger partial charge on any atom is 0.320 e. The average molecular weight is 180 g/mol. The van der Waals surface area contributed by atoms with E-state index in [9.17, 15) is 9.59 Å². The maximum absolute atomic E-state index is 11.2. The monoisotopic (exact) mass is 180 g/mol. The van der Waals surface area contributed by atoms with Crippen LogP contribution in [0.1, 0.15) is 13.3 Å². The first-order valence-corrected chi connectivity index (χ1v) is 4.31. The van der Waals surface area contributed by atoms with Crippen LogP contribution in [0, 0.1) is 5.92 Å². The second-order valence-electron chi connectivity index (χ2n) is 2.79. The van der Waals surface area contributed by atoms with Crippen molar-refractivity contribution in [2.24, 2.45) is 5.92 Å². The summed E-state index contributed by atoms with van der Waals surface area (Å²) in [6.45, 7) is 2.28. The van der Waals surface area contributed by atoms with Gasteiger partial charge in [0.1, 0.15) is 5.92 Å². The zero-order chi connectivity index (χ0) is 9.68. The van der Waals surface area contributed by atoms with Crippen molar-refractivity contribution in [2.75, 3.05) is 6.61 Å². The van der Waals surface area contributed by atoms with Crippen molar-refractivity contribution in [3.8, 4) is 0 Å². The fourth-order valence-electron chi connectivity index (χ4n) is 1.01. The van der Waals surface area contributed by atoms with E-state index in [4.69, 9.17) is 4.74 Å². The number of carbonyl (C=O) groups excluding carboxylic acids is 2. The molecule has 1 rings (SSSR count). The van der Waals surface area contributed by atoms with Crippen molar-refractivity contribution in [3.63, 3.8) is 0 Å². The Morgan fingerprint density at radius 1 is 1.54 bits per heavy atom. The molecule has 70 valence electrons. The molecule has 0 aromatic carbocycles. The summed E-state index contributed by atoms with van der Waals surface area (Å²) < 4.78 is 4.86. The molecule has 1 atom stereocenters. The van der Waals surface area contributed by atoms with Crippen LogP contribution in [0.2, 0.25) is 0 Å². The third-order valence-corrected chi connectivity index (χ3v) is 1.68. The Bertz CT molecular complexity index is 263. The second kappa shape index (κ2) is 4.60. The van der Waals surface area contributed by atoms with Gasteiger partial charge >= 0.3 is 5.97 Å². The summed E-state index contributed by atoms with van der Waals surface area (Å²) in [6.07, 6.45) is 7.01. The number of hydrogen-bond acceptors (Lipinski definition) is 3. The Balaban J connectivity index is 2.51. The largest absolute Gasteiger partial charge is 0.465 e. The molecule has 0 bridgehead atoms. The number of rotatable bonds is 3. The van der Waals surface area contributed by atoms with Crippen LogP contribution >= 0.6 is 0 Å². The minimum Gasteiger partial charge on any atom is -0.465 e. The first kappa shape index (κ1) is 9.71. The number of allylic oxidation sites excluding steroid dienone is 3. The SMILES string of the molecule is CCCOC(=O)C1C=CC=CC1=O. The lowest BCUT2D eigenvalue weighted by molar-refractivity contribution is -0.149. The first-order valence-electron chi connectivity index (χ1n) is 4.31. The summed E-state index contributed by atoms with van der Waals surface area (Å²) in [5, 5.41) is 0. The molecule has 3 nitrogen and oxygen atoms in total. The smallest absolute Gasteiger partial charge is 0.320 e. The molecule has 1 aliphatic carbocycles. The van der Waals surface area contributed by atoms with E-state index in [1.807, 2.05) is 6.92 Å². The first-order chi connectivity index (χ1) is 6.25. The van der Waals surface area contributed by atoms with E-state index in [1.165, 1.54) is 6.08 Å². The molecule has 0 aromatic rings. The van der Waals surface area contributed by atoms with E-state index >= 15 is 0 Å². The molecule has 0 radical (unpaired) electrons. The van der Waals surface area contributed by atoms with Gasteiger partial charge in [-0.1, -0.05) is 25.2 Å². The summed E-state index contributed by atoms with van der Waals surface area (Å²) in [7, 11) is 0. The van der Waals surface area contributed by atoms with Crippen molar-refractivity contribution in [2.45, 2.75) is 13.3 Å². The lowest BCUT2D eigenvalue weighted by Crippen LogP contribution is -2.24. The lowest BCUT2D eigenvalue weighted by Gasteiger charge is -2.10. The molecule has 13 heavy (non-hydrogen) atoms. The Kier molecular flexibility index (Phi) is 3.43. The molecule has 0 heterocycles. The molecule has 0 aliphatic heterocycles. The molecule has 0 amide bonds. The molecular weight excluding hydrogens is 168 g/mol. The highest BCUT2D eigenvalue weighted by atomic mass is 16.5. The van der Waals surface area contributed by atoms with Crippen molar-refractivity contribution >= 4 is 11.8 Å². The quantitative estimate of drug-likeness (QED) is 0.485. The van der Waals surface area contributed by atoms with Gasteiger partial charge in [0.05, 0.1) is 6.61 Å². The van der Waals surface area contributed by atoms with Crippen molar-refractivity contribution in [3.05, 3.63) is 24.3 Å². The molecule has 0 fully saturated rings. The standard InChI is InChI=1S/C10H12O3/c1-2-7-13-10(12)8-5-3-4-6-9(8)11/h3-6,8H,2,7H2,1H3. The minimum absolute atomic E-state index is 0.205. The predicted octanol–water partition coefficient (Wildman–Crippen LogP) is 1.25. The highest BCUT2D eigenvalue weighted by Gasteiger charge is 2.24. The predicted molar refractivity (Wildman–Crippen MR) is 48.0 cm³/mol. The third kappa shape index (κ3) is 2.54. The molecule has 0 spiro atoms. The van der Waals surface area contributed by atoms with Gasteiger partial charge in [-0.3, -0.25) is 9.59 Å². The highest BCUT2D eigenvalue weighted by molar-refractivity contribution is 6.07. The number of hydrogen-bond donors (Lipinski definition) is 0. The van der Waals surface area contributed by atoms with E-state index in [2.05, 4.69) is 0 Å². The maximum atomic E-state index is 11.2. The Morgan fingerprint density at radius 3 is 2.92 bits per heavy atom. The van der Waals surface area contributed by atoms with Crippen LogP contribution in [0.3, 0.4) is 0 Å². The van der Waals surface area contributed by atoms with Gasteiger partial charge in [-0.25, -0.2) is 0 Å². The summed E-state index contributed by atoms with van der Waals surface area (Å²) in [4.78, 5) is 22.4. The molecule has 0 saturated carbocycles. The number of ketones is 1. The number of ether oxygens (including phenoxy) is 1. The Morgan fingerprint density at radius 2 is 2.31 bits per heavy atom. The van der Waals surface area contributed by atoms with Gasteiger partial charge in [-0.05, 0) is 12.5 Å². The van der Waals surface area contributed by atoms with Gasteiger partial charge in [0.2, 0.25) is 0 Å². The molecule has 0 aromatic heterocycles. The van der Waals surface area contributed by atoms with Crippen LogP contribution in [0.15, 0.2) is 24.3 Å². The van der Waals surface area contributed by atoms with E-state index in [-0.39, 0.29) is 5.78 Å². The van der Waals surface area contributed by atoms with Crippen LogP contribution in [-0.4, -0.2) is 18.4 Å². The van der Waals surface area contributed by atoms with E-state index in [0.717, 1.165) is 6.42 Å². The molecule has 0 N–H and O–H groups in total. The lowest BCUT2D eigenvalue weighted by atomic mass is 10.00. The fraction of sp³-hybridized carbons (Fsp3) is 0.400. The van der Waals surface area contributed by atoms with Crippen molar-refractivity contribution in [1.29, 1.82) is 0 Å². The van der Waals surface area contributed by atoms with Crippen LogP contribution in [0.25, 0.3) is 0 Å². The van der Waals surface area contributed by atoms with E-state index < -0.39 is 11.9 Å². The van der Waals surface area contributed by atoms with Gasteiger partial charge in [0, 0.05) is 0 Å². The van der Waals surface area contributed by atoms with Crippen LogP contribution < -0.4 is 0 Å². The van der Waals surface area contributed by atoms with Gasteiger partial charge in [-0.15, -0.1) is 0 Å². The highest BCUT2D eigenvalue weighted by Crippen LogP contribution is 2.09. The molecule has 0 saturated heterocycles. The zero-order valence-electron chi connectivity index (χ0n) is 7.53. The molecular formula is C10H12O3. The van der Waals surface area contributed by atoms with Gasteiger partial charge < -0.3 is 4.74 Å². The van der Waals surface area contributed by atoms with Crippen LogP contribution in [0.5, 0.6) is 0 Å². The van der Waals surface area contributed by atoms with Crippen molar-refractivity contribution in [1.82, 2.24) is 0 Å². The topological polar surface area (TPSA) is 43.4 Å². The van der Waals surface area contributed by atoms with E-state index in [1.54, 1.807) is 18.2 Å². The number of esters is 1. The third-order valence-electron chi connectivity index (χ3n) is 1.68. The second-order valence-corrected chi connectivity index (χ2v) is 2.79. The normalized spacial score (nSPS) is 20.4. The van der Waals surface area contributed by atoms with Gasteiger partial charge in [-0.2, -0.15) is 0 Å². The molecule has 3 heteroatoms. The minimum atomic E-state index is -0.725. The van der Waals surface area contributed by atoms with E-state index in [0.29, 0.717) is 6.61 Å². The summed E-state index contributed by atoms with van der Waals surface area (Å²) in [6, 6.07) is 0. The van der Waals surface area contributed by atoms with Crippen LogP contribution in [-0.2, 0) is 14.3 Å². The molecule has 1 unspecified atom stereocenters. The summed E-state index contributed by atoms with van der Waals surface area (Å²) in [5.41, 5.74) is 0. The Hall–Kier alpha value is -1.38. The number of carbonyl (C=O) groups is 2. The Labute approximate surface area is 77.1 Å². The average Bonchev–Trinajstić information content (AvgIpc) is 2.15. The van der Waals surface area contributed by atoms with Crippen LogP contribution in [0.4, 0.5) is 0 Å². The van der Waals surface area contributed by atoms with Gasteiger partial charge in [0.15, 0.2) is 5.78 Å². The summed E-state index contributed by atoms with van der Waals surface area (Å²) in [5.74, 6) is -1.38. The van der Waals surface area contributed by atoms with Gasteiger partial charge in [0.25, 0.3) is 0 Å². The fourth-order valence-corrected chi connectivity index (χ4v) is 1.01. The van der Waals surface area contributed by atoms with Crippen molar-refractivity contribution < 1.29 is 14.3 Å². The summed E-state index contributed by atoms with van der Waals surface area (Å²) >= 11 is 0.